The molecule has 1 unspecified atom stereocenters. The average molecular weight is 445 g/mol. The van der Waals surface area contributed by atoms with Gasteiger partial charge in [0.2, 0.25) is 5.91 Å². The van der Waals surface area contributed by atoms with Gasteiger partial charge in [0.25, 0.3) is 6.43 Å². The van der Waals surface area contributed by atoms with Crippen molar-refractivity contribution in [3.05, 3.63) is 65.0 Å². The number of ether oxygens (including phenoxy) is 1. The van der Waals surface area contributed by atoms with E-state index in [1.165, 1.54) is 24.3 Å². The number of alkyl halides is 5. The van der Waals surface area contributed by atoms with Gasteiger partial charge in [-0.3, -0.25) is 4.79 Å². The van der Waals surface area contributed by atoms with Crippen LogP contribution in [-0.2, 0) is 10.3 Å². The molecular weight excluding hydrogens is 424 g/mol. The molecule has 0 radical (unpaired) electrons. The quantitative estimate of drug-likeness (QED) is 0.506. The largest absolute Gasteiger partial charge is 0.484 e. The molecule has 3 rings (SSSR count). The molecule has 1 N–H and O–H groups in total. The molecule has 0 aromatic heterocycles. The second-order valence-electron chi connectivity index (χ2n) is 7.78. The zero-order valence-electron chi connectivity index (χ0n) is 16.6. The fraction of sp³-hybridized carbons (Fsp3) is 0.409. The first kappa shape index (κ1) is 23.0. The molecule has 168 valence electrons. The summed E-state index contributed by atoms with van der Waals surface area (Å²) in [6.07, 6.45) is -6.50. The number of carbonyl (C=O) groups is 1. The van der Waals surface area contributed by atoms with Crippen LogP contribution in [-0.4, -0.2) is 18.7 Å². The van der Waals surface area contributed by atoms with Crippen LogP contribution in [0.2, 0.25) is 0 Å². The molecule has 1 fully saturated rings. The van der Waals surface area contributed by atoms with Crippen LogP contribution >= 0.6 is 0 Å². The van der Waals surface area contributed by atoms with Crippen LogP contribution in [0.1, 0.15) is 55.2 Å². The standard InChI is InChI=1S/C22H21F6NO2/c1-13(14-2-4-17(23)5-3-14)8-19(30)29-21(6-7-21)16-9-15(20(24)25)10-18(11-16)31-12-22(26,27)28/h2-5,9-11,13,20H,6-8,12H2,1H3,(H,29,30). The van der Waals surface area contributed by atoms with Gasteiger partial charge in [-0.15, -0.1) is 0 Å². The fourth-order valence-electron chi connectivity index (χ4n) is 3.39. The Labute approximate surface area is 175 Å². The predicted octanol–water partition coefficient (Wildman–Crippen LogP) is 6.00. The molecule has 1 saturated carbocycles. The van der Waals surface area contributed by atoms with Gasteiger partial charge in [0, 0.05) is 12.0 Å². The SMILES string of the molecule is CC(CC(=O)NC1(c2cc(OCC(F)(F)F)cc(C(F)F)c2)CC1)c1ccc(F)cc1. The highest BCUT2D eigenvalue weighted by atomic mass is 19.4. The summed E-state index contributed by atoms with van der Waals surface area (Å²) in [6.45, 7) is 0.195. The molecule has 0 bridgehead atoms. The first-order valence-corrected chi connectivity index (χ1v) is 9.67. The van der Waals surface area contributed by atoms with E-state index in [1.54, 1.807) is 19.1 Å². The Morgan fingerprint density at radius 2 is 1.74 bits per heavy atom. The van der Waals surface area contributed by atoms with Gasteiger partial charge in [0.1, 0.15) is 11.6 Å². The van der Waals surface area contributed by atoms with Crippen molar-refractivity contribution in [1.82, 2.24) is 5.32 Å². The van der Waals surface area contributed by atoms with Crippen LogP contribution in [0.25, 0.3) is 0 Å². The van der Waals surface area contributed by atoms with Gasteiger partial charge in [0.05, 0.1) is 5.54 Å². The van der Waals surface area contributed by atoms with Crippen LogP contribution in [0.3, 0.4) is 0 Å². The summed E-state index contributed by atoms with van der Waals surface area (Å²) in [5, 5.41) is 2.83. The van der Waals surface area contributed by atoms with E-state index in [0.29, 0.717) is 12.8 Å². The number of rotatable bonds is 8. The zero-order chi connectivity index (χ0) is 22.8. The Bertz CT molecular complexity index is 923. The third-order valence-electron chi connectivity index (χ3n) is 5.20. The summed E-state index contributed by atoms with van der Waals surface area (Å²) in [6, 6.07) is 9.06. The third kappa shape index (κ3) is 6.15. The highest BCUT2D eigenvalue weighted by Gasteiger charge is 2.46. The minimum atomic E-state index is -4.61. The molecule has 0 heterocycles. The second-order valence-corrected chi connectivity index (χ2v) is 7.78. The maximum absolute atomic E-state index is 13.3. The smallest absolute Gasteiger partial charge is 0.422 e. The van der Waals surface area contributed by atoms with Crippen LogP contribution in [0.4, 0.5) is 26.3 Å². The number of hydrogen-bond acceptors (Lipinski definition) is 2. The lowest BCUT2D eigenvalue weighted by molar-refractivity contribution is -0.153. The van der Waals surface area contributed by atoms with Crippen molar-refractivity contribution in [2.45, 2.75) is 50.2 Å². The molecule has 3 nitrogen and oxygen atoms in total. The Morgan fingerprint density at radius 3 is 2.29 bits per heavy atom. The number of amides is 1. The van der Waals surface area contributed by atoms with E-state index in [0.717, 1.165) is 11.6 Å². The number of carbonyl (C=O) groups excluding carboxylic acids is 1. The molecule has 1 amide bonds. The van der Waals surface area contributed by atoms with Crippen LogP contribution in [0.15, 0.2) is 42.5 Å². The first-order chi connectivity index (χ1) is 14.5. The summed E-state index contributed by atoms with van der Waals surface area (Å²) < 4.78 is 81.6. The molecule has 1 atom stereocenters. The minimum Gasteiger partial charge on any atom is -0.484 e. The predicted molar refractivity (Wildman–Crippen MR) is 101 cm³/mol. The molecule has 9 heteroatoms. The number of benzene rings is 2. The second kappa shape index (κ2) is 8.80. The van der Waals surface area contributed by atoms with Crippen LogP contribution < -0.4 is 10.1 Å². The summed E-state index contributed by atoms with van der Waals surface area (Å²) in [7, 11) is 0. The summed E-state index contributed by atoms with van der Waals surface area (Å²) in [4.78, 5) is 12.6. The number of nitrogens with one attached hydrogen (secondary N) is 1. The van der Waals surface area contributed by atoms with Gasteiger partial charge < -0.3 is 10.1 Å². The van der Waals surface area contributed by atoms with Crippen molar-refractivity contribution in [2.75, 3.05) is 6.61 Å². The molecule has 0 spiro atoms. The van der Waals surface area contributed by atoms with E-state index >= 15 is 0 Å². The number of halogens is 6. The Hall–Kier alpha value is -2.71. The van der Waals surface area contributed by atoms with Crippen molar-refractivity contribution in [3.8, 4) is 5.75 Å². The maximum atomic E-state index is 13.3. The van der Waals surface area contributed by atoms with E-state index < -0.39 is 30.3 Å². The minimum absolute atomic E-state index is 0.0827. The van der Waals surface area contributed by atoms with Crippen molar-refractivity contribution in [2.24, 2.45) is 0 Å². The normalized spacial score (nSPS) is 16.1. The fourth-order valence-corrected chi connectivity index (χ4v) is 3.39. The van der Waals surface area contributed by atoms with E-state index in [9.17, 15) is 31.1 Å². The molecule has 2 aromatic carbocycles. The molecular formula is C22H21F6NO2. The highest BCUT2D eigenvalue weighted by molar-refractivity contribution is 5.78. The lowest BCUT2D eigenvalue weighted by Gasteiger charge is -2.22. The average Bonchev–Trinajstić information content (AvgIpc) is 3.46. The first-order valence-electron chi connectivity index (χ1n) is 9.67. The maximum Gasteiger partial charge on any atom is 0.422 e. The topological polar surface area (TPSA) is 38.3 Å². The van der Waals surface area contributed by atoms with Crippen molar-refractivity contribution in [1.29, 1.82) is 0 Å². The van der Waals surface area contributed by atoms with Gasteiger partial charge in [0.15, 0.2) is 6.61 Å². The van der Waals surface area contributed by atoms with E-state index in [1.807, 2.05) is 0 Å². The summed E-state index contributed by atoms with van der Waals surface area (Å²) >= 11 is 0. The Kier molecular flexibility index (Phi) is 6.52. The van der Waals surface area contributed by atoms with Crippen molar-refractivity contribution < 1.29 is 35.9 Å². The van der Waals surface area contributed by atoms with E-state index in [2.05, 4.69) is 10.1 Å². The van der Waals surface area contributed by atoms with Gasteiger partial charge >= 0.3 is 6.18 Å². The van der Waals surface area contributed by atoms with Crippen LogP contribution in [0, 0.1) is 5.82 Å². The zero-order valence-corrected chi connectivity index (χ0v) is 16.6. The lowest BCUT2D eigenvalue weighted by atomic mass is 9.96. The van der Waals surface area contributed by atoms with Crippen molar-refractivity contribution >= 4 is 5.91 Å². The molecule has 1 aliphatic rings. The monoisotopic (exact) mass is 445 g/mol. The van der Waals surface area contributed by atoms with Gasteiger partial charge in [-0.25, -0.2) is 13.2 Å². The Morgan fingerprint density at radius 1 is 1.10 bits per heavy atom. The Balaban J connectivity index is 1.74. The lowest BCUT2D eigenvalue weighted by Crippen LogP contribution is -2.35. The van der Waals surface area contributed by atoms with Gasteiger partial charge in [-0.1, -0.05) is 19.1 Å². The molecule has 0 saturated heterocycles. The van der Waals surface area contributed by atoms with Crippen LogP contribution in [0.5, 0.6) is 5.75 Å². The molecule has 0 aliphatic heterocycles. The van der Waals surface area contributed by atoms with Gasteiger partial charge in [-0.05, 0) is 60.2 Å². The molecule has 1 aliphatic carbocycles. The van der Waals surface area contributed by atoms with Gasteiger partial charge in [-0.2, -0.15) is 13.2 Å². The van der Waals surface area contributed by atoms with Crippen molar-refractivity contribution in [3.63, 3.8) is 0 Å². The third-order valence-corrected chi connectivity index (χ3v) is 5.20. The number of hydrogen-bond donors (Lipinski definition) is 1. The molecule has 2 aromatic rings. The summed E-state index contributed by atoms with van der Waals surface area (Å²) in [5.41, 5.74) is -0.343. The summed E-state index contributed by atoms with van der Waals surface area (Å²) in [5.74, 6) is -1.27. The molecule has 31 heavy (non-hydrogen) atoms. The van der Waals surface area contributed by atoms with E-state index in [4.69, 9.17) is 0 Å². The van der Waals surface area contributed by atoms with E-state index in [-0.39, 0.29) is 35.4 Å². The highest BCUT2D eigenvalue weighted by Crippen LogP contribution is 2.47.